The molecule has 1 aromatic rings. The maximum Gasteiger partial charge on any atom is 0.407 e. The topological polar surface area (TPSA) is 84.9 Å². The predicted octanol–water partition coefficient (Wildman–Crippen LogP) is 3.88. The van der Waals surface area contributed by atoms with Crippen molar-refractivity contribution >= 4 is 18.0 Å². The number of methoxy groups -OCH3 is 1. The first-order chi connectivity index (χ1) is 15.2. The van der Waals surface area contributed by atoms with E-state index in [0.29, 0.717) is 19.0 Å². The van der Waals surface area contributed by atoms with E-state index in [0.717, 1.165) is 37.7 Å². The summed E-state index contributed by atoms with van der Waals surface area (Å²) in [4.78, 5) is 39.6. The molecule has 2 atom stereocenters. The molecule has 1 aliphatic carbocycles. The smallest absolute Gasteiger partial charge is 0.407 e. The molecule has 3 rings (SSSR count). The first-order valence-corrected chi connectivity index (χ1v) is 11.6. The van der Waals surface area contributed by atoms with Gasteiger partial charge in [0, 0.05) is 24.9 Å². The molecule has 0 aromatic heterocycles. The number of benzene rings is 1. The lowest BCUT2D eigenvalue weighted by atomic mass is 9.81. The van der Waals surface area contributed by atoms with Crippen molar-refractivity contribution in [3.8, 4) is 0 Å². The third-order valence-corrected chi connectivity index (χ3v) is 6.48. The number of nitrogens with one attached hydrogen (secondary N) is 1. The summed E-state index contributed by atoms with van der Waals surface area (Å²) >= 11 is 0. The van der Waals surface area contributed by atoms with Crippen molar-refractivity contribution < 1.29 is 23.9 Å². The number of hydrogen-bond donors (Lipinski definition) is 1. The van der Waals surface area contributed by atoms with Crippen molar-refractivity contribution in [1.82, 2.24) is 10.2 Å². The van der Waals surface area contributed by atoms with E-state index in [4.69, 9.17) is 9.47 Å². The first-order valence-electron chi connectivity index (χ1n) is 11.6. The van der Waals surface area contributed by atoms with Gasteiger partial charge in [0.05, 0.1) is 7.11 Å². The van der Waals surface area contributed by atoms with Gasteiger partial charge in [0.1, 0.15) is 11.6 Å². The number of carbonyl (C=O) groups excluding carboxylic acids is 3. The van der Waals surface area contributed by atoms with Gasteiger partial charge in [0.15, 0.2) is 0 Å². The fourth-order valence-corrected chi connectivity index (χ4v) is 4.89. The molecule has 0 unspecified atom stereocenters. The Morgan fingerprint density at radius 2 is 1.69 bits per heavy atom. The molecular formula is C25H36N2O5. The minimum absolute atomic E-state index is 0.0398. The number of nitrogens with zero attached hydrogens (tertiary/aromatic N) is 1. The Kier molecular flexibility index (Phi) is 7.80. The van der Waals surface area contributed by atoms with Crippen LogP contribution in [0.15, 0.2) is 30.3 Å². The van der Waals surface area contributed by atoms with E-state index >= 15 is 0 Å². The summed E-state index contributed by atoms with van der Waals surface area (Å²) in [7, 11) is 1.38. The van der Waals surface area contributed by atoms with Gasteiger partial charge in [-0.3, -0.25) is 4.79 Å². The zero-order chi connectivity index (χ0) is 23.3. The minimum atomic E-state index is -0.568. The maximum absolute atomic E-state index is 13.4. The minimum Gasteiger partial charge on any atom is -0.467 e. The van der Waals surface area contributed by atoms with Crippen LogP contribution in [0.1, 0.15) is 64.4 Å². The third kappa shape index (κ3) is 6.02. The van der Waals surface area contributed by atoms with Gasteiger partial charge in [-0.2, -0.15) is 0 Å². The van der Waals surface area contributed by atoms with Crippen molar-refractivity contribution in [3.05, 3.63) is 35.9 Å². The summed E-state index contributed by atoms with van der Waals surface area (Å²) < 4.78 is 10.4. The van der Waals surface area contributed by atoms with Crippen molar-refractivity contribution in [1.29, 1.82) is 0 Å². The Morgan fingerprint density at radius 3 is 2.28 bits per heavy atom. The molecule has 1 saturated heterocycles. The Labute approximate surface area is 190 Å². The molecule has 2 fully saturated rings. The van der Waals surface area contributed by atoms with Gasteiger partial charge in [-0.25, -0.2) is 9.59 Å². The molecule has 0 bridgehead atoms. The first kappa shape index (κ1) is 24.1. The van der Waals surface area contributed by atoms with Crippen LogP contribution in [0.4, 0.5) is 4.79 Å². The molecule has 0 spiro atoms. The summed E-state index contributed by atoms with van der Waals surface area (Å²) in [6, 6.07) is 9.32. The maximum atomic E-state index is 13.4. The molecule has 1 saturated carbocycles. The quantitative estimate of drug-likeness (QED) is 0.697. The van der Waals surface area contributed by atoms with Crippen molar-refractivity contribution in [2.45, 2.75) is 70.4 Å². The molecule has 1 aliphatic heterocycles. The number of alkyl carbamates (subject to hydrolysis) is 1. The molecule has 0 radical (unpaired) electrons. The van der Waals surface area contributed by atoms with E-state index in [9.17, 15) is 14.4 Å². The number of likely N-dealkylation sites (tertiary alicyclic amines) is 1. The highest BCUT2D eigenvalue weighted by molar-refractivity contribution is 5.87. The number of hydrogen-bond acceptors (Lipinski definition) is 5. The Bertz CT molecular complexity index is 796. The summed E-state index contributed by atoms with van der Waals surface area (Å²) in [6.07, 6.45) is 3.61. The van der Waals surface area contributed by atoms with E-state index in [1.165, 1.54) is 7.11 Å². The van der Waals surface area contributed by atoms with Crippen LogP contribution < -0.4 is 5.32 Å². The number of carbonyl (C=O) groups is 3. The van der Waals surface area contributed by atoms with Crippen LogP contribution in [0, 0.1) is 11.8 Å². The second kappa shape index (κ2) is 10.4. The van der Waals surface area contributed by atoms with Gasteiger partial charge in [-0.1, -0.05) is 30.3 Å². The van der Waals surface area contributed by atoms with Crippen molar-refractivity contribution in [2.24, 2.45) is 11.8 Å². The van der Waals surface area contributed by atoms with Crippen LogP contribution in [0.2, 0.25) is 0 Å². The van der Waals surface area contributed by atoms with E-state index in [-0.39, 0.29) is 23.7 Å². The van der Waals surface area contributed by atoms with Gasteiger partial charge in [0.2, 0.25) is 5.91 Å². The molecule has 2 amide bonds. The highest BCUT2D eigenvalue weighted by Gasteiger charge is 2.45. The second-order valence-corrected chi connectivity index (χ2v) is 9.91. The van der Waals surface area contributed by atoms with Gasteiger partial charge < -0.3 is 19.7 Å². The highest BCUT2D eigenvalue weighted by Crippen LogP contribution is 2.37. The van der Waals surface area contributed by atoms with Crippen molar-refractivity contribution in [2.75, 3.05) is 20.2 Å². The normalized spacial score (nSPS) is 25.8. The lowest BCUT2D eigenvalue weighted by Gasteiger charge is -2.33. The average molecular weight is 445 g/mol. The second-order valence-electron chi connectivity index (χ2n) is 9.91. The SMILES string of the molecule is COC(=O)[C@@H]1[C@H](c2ccccc2)CCN1C(=O)[C@H]1CC[C@H](CNC(=O)OC(C)(C)C)CC1. The summed E-state index contributed by atoms with van der Waals surface area (Å²) in [5.41, 5.74) is 0.549. The van der Waals surface area contributed by atoms with Gasteiger partial charge >= 0.3 is 12.1 Å². The van der Waals surface area contributed by atoms with Gasteiger partial charge in [0.25, 0.3) is 0 Å². The van der Waals surface area contributed by atoms with Crippen LogP contribution in [-0.2, 0) is 19.1 Å². The fourth-order valence-electron chi connectivity index (χ4n) is 4.89. The average Bonchev–Trinajstić information content (AvgIpc) is 3.21. The van der Waals surface area contributed by atoms with E-state index < -0.39 is 17.7 Å². The van der Waals surface area contributed by atoms with Crippen LogP contribution in [0.5, 0.6) is 0 Å². The molecule has 7 nitrogen and oxygen atoms in total. The molecule has 176 valence electrons. The molecule has 1 N–H and O–H groups in total. The standard InChI is InChI=1S/C25H36N2O5/c1-25(2,3)32-24(30)26-16-17-10-12-19(13-11-17)22(28)27-15-14-20(21(27)23(29)31-4)18-8-6-5-7-9-18/h5-9,17,19-21H,10-16H2,1-4H3,(H,26,30)/t17-,19-,20-,21-/m0/s1. The highest BCUT2D eigenvalue weighted by atomic mass is 16.6. The van der Waals surface area contributed by atoms with Crippen LogP contribution >= 0.6 is 0 Å². The molecular weight excluding hydrogens is 408 g/mol. The number of rotatable bonds is 5. The Hall–Kier alpha value is -2.57. The Morgan fingerprint density at radius 1 is 1.03 bits per heavy atom. The largest absolute Gasteiger partial charge is 0.467 e. The monoisotopic (exact) mass is 444 g/mol. The van der Waals surface area contributed by atoms with Gasteiger partial charge in [-0.15, -0.1) is 0 Å². The van der Waals surface area contributed by atoms with Crippen LogP contribution in [0.25, 0.3) is 0 Å². The fraction of sp³-hybridized carbons (Fsp3) is 0.640. The third-order valence-electron chi connectivity index (χ3n) is 6.48. The molecule has 7 heteroatoms. The van der Waals surface area contributed by atoms with E-state index in [1.807, 2.05) is 51.1 Å². The lowest BCUT2D eigenvalue weighted by molar-refractivity contribution is -0.153. The predicted molar refractivity (Wildman–Crippen MR) is 121 cm³/mol. The van der Waals surface area contributed by atoms with Crippen molar-refractivity contribution in [3.63, 3.8) is 0 Å². The number of esters is 1. The number of amides is 2. The zero-order valence-corrected chi connectivity index (χ0v) is 19.6. The Balaban J connectivity index is 1.56. The molecule has 32 heavy (non-hydrogen) atoms. The van der Waals surface area contributed by atoms with Crippen LogP contribution in [0.3, 0.4) is 0 Å². The van der Waals surface area contributed by atoms with Gasteiger partial charge in [-0.05, 0) is 64.4 Å². The summed E-state index contributed by atoms with van der Waals surface area (Å²) in [5.74, 6) is -0.0904. The molecule has 2 aliphatic rings. The van der Waals surface area contributed by atoms with Crippen LogP contribution in [-0.4, -0.2) is 54.7 Å². The lowest BCUT2D eigenvalue weighted by Crippen LogP contribution is -2.46. The molecule has 1 heterocycles. The molecule has 1 aromatic carbocycles. The summed E-state index contributed by atoms with van der Waals surface area (Å²) in [5, 5.41) is 2.84. The van der Waals surface area contributed by atoms with E-state index in [2.05, 4.69) is 5.32 Å². The summed E-state index contributed by atoms with van der Waals surface area (Å²) in [6.45, 7) is 6.64. The number of ether oxygens (including phenoxy) is 2. The van der Waals surface area contributed by atoms with E-state index in [1.54, 1.807) is 4.90 Å². The zero-order valence-electron chi connectivity index (χ0n) is 19.6.